The molecular formula is C16H18ClN3O2S. The van der Waals surface area contributed by atoms with Crippen molar-refractivity contribution >= 4 is 40.4 Å². The number of carbonyl (C=O) groups is 2. The van der Waals surface area contributed by atoms with Crippen molar-refractivity contribution in [3.05, 3.63) is 51.2 Å². The van der Waals surface area contributed by atoms with E-state index in [0.717, 1.165) is 4.88 Å². The molecule has 2 rings (SSSR count). The fraction of sp³-hybridized carbons (Fsp3) is 0.250. The standard InChI is InChI=1S/C16H18ClN3O2S/c1-18-7-6-15(21)20-11-4-5-14(17)13(9-11)16(22)19-10-12-3-2-8-23-12/h2-5,8-9,18H,6-7,10H2,1H3,(H,19,22)(H,20,21). The third kappa shape index (κ3) is 5.35. The van der Waals surface area contributed by atoms with Gasteiger partial charge in [0.05, 0.1) is 17.1 Å². The molecule has 0 saturated carbocycles. The highest BCUT2D eigenvalue weighted by atomic mass is 35.5. The van der Waals surface area contributed by atoms with Gasteiger partial charge >= 0.3 is 0 Å². The van der Waals surface area contributed by atoms with Crippen LogP contribution in [-0.2, 0) is 11.3 Å². The second-order valence-electron chi connectivity index (χ2n) is 4.86. The second kappa shape index (κ2) is 8.67. The highest BCUT2D eigenvalue weighted by Crippen LogP contribution is 2.21. The molecule has 2 aromatic rings. The van der Waals surface area contributed by atoms with Gasteiger partial charge in [0.25, 0.3) is 5.91 Å². The van der Waals surface area contributed by atoms with E-state index in [2.05, 4.69) is 16.0 Å². The molecule has 0 unspecified atom stereocenters. The van der Waals surface area contributed by atoms with Crippen molar-refractivity contribution in [1.82, 2.24) is 10.6 Å². The minimum Gasteiger partial charge on any atom is -0.347 e. The Morgan fingerprint density at radius 2 is 2.09 bits per heavy atom. The Morgan fingerprint density at radius 1 is 1.26 bits per heavy atom. The van der Waals surface area contributed by atoms with Crippen LogP contribution in [0.2, 0.25) is 5.02 Å². The summed E-state index contributed by atoms with van der Waals surface area (Å²) in [6, 6.07) is 8.75. The van der Waals surface area contributed by atoms with E-state index in [1.54, 1.807) is 36.6 Å². The third-order valence-electron chi connectivity index (χ3n) is 3.10. The summed E-state index contributed by atoms with van der Waals surface area (Å²) >= 11 is 7.66. The predicted octanol–water partition coefficient (Wildman–Crippen LogP) is 2.88. The van der Waals surface area contributed by atoms with Gasteiger partial charge in [-0.3, -0.25) is 9.59 Å². The molecule has 0 fully saturated rings. The van der Waals surface area contributed by atoms with E-state index in [1.165, 1.54) is 0 Å². The maximum absolute atomic E-state index is 12.3. The van der Waals surface area contributed by atoms with Crippen LogP contribution in [0.15, 0.2) is 35.7 Å². The van der Waals surface area contributed by atoms with Crippen molar-refractivity contribution in [2.75, 3.05) is 18.9 Å². The van der Waals surface area contributed by atoms with Crippen molar-refractivity contribution in [2.24, 2.45) is 0 Å². The largest absolute Gasteiger partial charge is 0.347 e. The van der Waals surface area contributed by atoms with Crippen LogP contribution in [0.3, 0.4) is 0 Å². The number of hydrogen-bond acceptors (Lipinski definition) is 4. The van der Waals surface area contributed by atoms with Crippen molar-refractivity contribution in [2.45, 2.75) is 13.0 Å². The predicted molar refractivity (Wildman–Crippen MR) is 94.1 cm³/mol. The second-order valence-corrected chi connectivity index (χ2v) is 6.30. The minimum absolute atomic E-state index is 0.119. The summed E-state index contributed by atoms with van der Waals surface area (Å²) in [5.74, 6) is -0.388. The molecule has 1 heterocycles. The van der Waals surface area contributed by atoms with Gasteiger partial charge in [0.2, 0.25) is 5.91 Å². The minimum atomic E-state index is -0.269. The number of rotatable bonds is 7. The van der Waals surface area contributed by atoms with Crippen molar-refractivity contribution < 1.29 is 9.59 Å². The first-order valence-electron chi connectivity index (χ1n) is 7.14. The lowest BCUT2D eigenvalue weighted by atomic mass is 10.1. The fourth-order valence-corrected chi connectivity index (χ4v) is 2.76. The number of hydrogen-bond donors (Lipinski definition) is 3. The molecule has 0 aliphatic heterocycles. The molecule has 0 aliphatic rings. The van der Waals surface area contributed by atoms with E-state index >= 15 is 0 Å². The average molecular weight is 352 g/mol. The van der Waals surface area contributed by atoms with Crippen LogP contribution in [0.25, 0.3) is 0 Å². The molecule has 7 heteroatoms. The van der Waals surface area contributed by atoms with E-state index in [0.29, 0.717) is 35.8 Å². The zero-order chi connectivity index (χ0) is 16.7. The van der Waals surface area contributed by atoms with Gasteiger partial charge in [-0.25, -0.2) is 0 Å². The summed E-state index contributed by atoms with van der Waals surface area (Å²) in [5.41, 5.74) is 0.895. The summed E-state index contributed by atoms with van der Waals surface area (Å²) in [5, 5.41) is 10.8. The number of carbonyl (C=O) groups excluding carboxylic acids is 2. The monoisotopic (exact) mass is 351 g/mol. The zero-order valence-corrected chi connectivity index (χ0v) is 14.3. The Labute approximate surface area is 144 Å². The molecule has 0 aliphatic carbocycles. The zero-order valence-electron chi connectivity index (χ0n) is 12.7. The van der Waals surface area contributed by atoms with E-state index in [9.17, 15) is 9.59 Å². The lowest BCUT2D eigenvalue weighted by Gasteiger charge is -2.09. The van der Waals surface area contributed by atoms with Crippen molar-refractivity contribution in [1.29, 1.82) is 0 Å². The average Bonchev–Trinajstić information content (AvgIpc) is 3.06. The van der Waals surface area contributed by atoms with Crippen molar-refractivity contribution in [3.8, 4) is 0 Å². The summed E-state index contributed by atoms with van der Waals surface area (Å²) in [7, 11) is 1.78. The van der Waals surface area contributed by atoms with E-state index in [4.69, 9.17) is 11.6 Å². The molecule has 122 valence electrons. The van der Waals surface area contributed by atoms with E-state index in [1.807, 2.05) is 17.5 Å². The molecule has 5 nitrogen and oxygen atoms in total. The fourth-order valence-electron chi connectivity index (χ4n) is 1.91. The summed E-state index contributed by atoms with van der Waals surface area (Å²) in [4.78, 5) is 25.1. The first kappa shape index (κ1) is 17.5. The first-order valence-corrected chi connectivity index (χ1v) is 8.40. The topological polar surface area (TPSA) is 70.2 Å². The molecule has 2 amide bonds. The van der Waals surface area contributed by atoms with Gasteiger partial charge in [-0.05, 0) is 36.7 Å². The maximum atomic E-state index is 12.3. The number of nitrogens with one attached hydrogen (secondary N) is 3. The van der Waals surface area contributed by atoms with Crippen LogP contribution in [-0.4, -0.2) is 25.4 Å². The third-order valence-corrected chi connectivity index (χ3v) is 4.31. The molecule has 0 atom stereocenters. The quantitative estimate of drug-likeness (QED) is 0.718. The number of benzene rings is 1. The van der Waals surface area contributed by atoms with Gasteiger partial charge in [0.1, 0.15) is 0 Å². The van der Waals surface area contributed by atoms with Crippen LogP contribution in [0, 0.1) is 0 Å². The maximum Gasteiger partial charge on any atom is 0.253 e. The normalized spacial score (nSPS) is 10.3. The van der Waals surface area contributed by atoms with Gasteiger partial charge < -0.3 is 16.0 Å². The van der Waals surface area contributed by atoms with Crippen LogP contribution in [0.1, 0.15) is 21.7 Å². The van der Waals surface area contributed by atoms with Crippen molar-refractivity contribution in [3.63, 3.8) is 0 Å². The molecule has 1 aromatic carbocycles. The molecule has 23 heavy (non-hydrogen) atoms. The molecule has 0 bridgehead atoms. The molecule has 0 radical (unpaired) electrons. The van der Waals surface area contributed by atoms with Gasteiger partial charge in [-0.15, -0.1) is 11.3 Å². The molecule has 3 N–H and O–H groups in total. The van der Waals surface area contributed by atoms with E-state index in [-0.39, 0.29) is 11.8 Å². The molecule has 0 saturated heterocycles. The highest BCUT2D eigenvalue weighted by Gasteiger charge is 2.12. The van der Waals surface area contributed by atoms with Gasteiger partial charge in [-0.2, -0.15) is 0 Å². The summed E-state index contributed by atoms with van der Waals surface area (Å²) in [6.45, 7) is 1.04. The van der Waals surface area contributed by atoms with Crippen LogP contribution < -0.4 is 16.0 Å². The number of anilines is 1. The number of halogens is 1. The Kier molecular flexibility index (Phi) is 6.58. The summed E-state index contributed by atoms with van der Waals surface area (Å²) < 4.78 is 0. The lowest BCUT2D eigenvalue weighted by molar-refractivity contribution is -0.116. The molecular weight excluding hydrogens is 334 g/mol. The van der Waals surface area contributed by atoms with Gasteiger partial charge in [-0.1, -0.05) is 17.7 Å². The van der Waals surface area contributed by atoms with Crippen LogP contribution >= 0.6 is 22.9 Å². The highest BCUT2D eigenvalue weighted by molar-refractivity contribution is 7.09. The Morgan fingerprint density at radius 3 is 2.78 bits per heavy atom. The Bertz CT molecular complexity index is 674. The summed E-state index contributed by atoms with van der Waals surface area (Å²) in [6.07, 6.45) is 0.360. The first-order chi connectivity index (χ1) is 11.1. The lowest BCUT2D eigenvalue weighted by Crippen LogP contribution is -2.23. The Hall–Kier alpha value is -1.89. The van der Waals surface area contributed by atoms with E-state index < -0.39 is 0 Å². The number of amides is 2. The van der Waals surface area contributed by atoms with Gasteiger partial charge in [0, 0.05) is 23.5 Å². The smallest absolute Gasteiger partial charge is 0.253 e. The molecule has 1 aromatic heterocycles. The van der Waals surface area contributed by atoms with Gasteiger partial charge in [0.15, 0.2) is 0 Å². The van der Waals surface area contributed by atoms with Crippen LogP contribution in [0.5, 0.6) is 0 Å². The van der Waals surface area contributed by atoms with Crippen LogP contribution in [0.4, 0.5) is 5.69 Å². The SMILES string of the molecule is CNCCC(=O)Nc1ccc(Cl)c(C(=O)NCc2cccs2)c1. The molecule has 0 spiro atoms. The number of thiophene rings is 1. The Balaban J connectivity index is 2.01.